The van der Waals surface area contributed by atoms with Crippen molar-refractivity contribution in [2.45, 2.75) is 35.2 Å². The molecule has 0 unspecified atom stereocenters. The van der Waals surface area contributed by atoms with Gasteiger partial charge < -0.3 is 4.90 Å². The van der Waals surface area contributed by atoms with Crippen LogP contribution in [0.1, 0.15) is 32.4 Å². The number of thiophene rings is 1. The molecule has 1 amide bonds. The zero-order chi connectivity index (χ0) is 15.1. The molecule has 0 aliphatic carbocycles. The first kappa shape index (κ1) is 15.8. The van der Waals surface area contributed by atoms with Crippen molar-refractivity contribution in [1.29, 1.82) is 0 Å². The van der Waals surface area contributed by atoms with Gasteiger partial charge in [0.05, 0.1) is 10.3 Å². The first-order valence-corrected chi connectivity index (χ1v) is 9.66. The average molecular weight is 334 g/mol. The highest BCUT2D eigenvalue weighted by atomic mass is 32.3. The van der Waals surface area contributed by atoms with E-state index >= 15 is 0 Å². The normalized spacial score (nSPS) is 19.9. The lowest BCUT2D eigenvalue weighted by atomic mass is 10.1. The van der Waals surface area contributed by atoms with Crippen molar-refractivity contribution < 1.29 is 13.2 Å². The summed E-state index contributed by atoms with van der Waals surface area (Å²) in [7, 11) is -3.68. The molecule has 0 saturated carbocycles. The Bertz CT molecular complexity index is 622. The Morgan fingerprint density at radius 3 is 2.70 bits per heavy atom. The number of nitrogens with two attached hydrogens (primary N) is 1. The summed E-state index contributed by atoms with van der Waals surface area (Å²) in [6.45, 7) is 6.36. The third kappa shape index (κ3) is 3.03. The van der Waals surface area contributed by atoms with Gasteiger partial charge in [0.25, 0.3) is 0 Å². The standard InChI is InChI=1S/C12H18N2O3S3/c1-7(2)11(15)14-4-5-18-12-9(8(14)3)6-10(19-12)20(13,16)17/h6-8H,4-5H2,1-3H3,(H2,13,16,17)/t8-/m1/s1. The maximum absolute atomic E-state index is 12.3. The third-order valence-corrected chi connectivity index (χ3v) is 7.10. The fraction of sp³-hybridized carbons (Fsp3) is 0.583. The van der Waals surface area contributed by atoms with Gasteiger partial charge in [0.15, 0.2) is 0 Å². The Morgan fingerprint density at radius 1 is 1.50 bits per heavy atom. The molecule has 1 atom stereocenters. The number of carbonyl (C=O) groups is 1. The van der Waals surface area contributed by atoms with Crippen molar-refractivity contribution in [3.63, 3.8) is 0 Å². The van der Waals surface area contributed by atoms with Crippen molar-refractivity contribution in [1.82, 2.24) is 4.90 Å². The van der Waals surface area contributed by atoms with E-state index in [1.165, 1.54) is 11.3 Å². The molecule has 0 aromatic carbocycles. The largest absolute Gasteiger partial charge is 0.335 e. The first-order chi connectivity index (χ1) is 9.21. The fourth-order valence-corrected chi connectivity index (χ4v) is 5.65. The third-order valence-electron chi connectivity index (χ3n) is 3.24. The molecule has 1 aromatic heterocycles. The van der Waals surface area contributed by atoms with E-state index in [2.05, 4.69) is 0 Å². The Kier molecular flexibility index (Phi) is 4.48. The van der Waals surface area contributed by atoms with Crippen LogP contribution in [0.25, 0.3) is 0 Å². The summed E-state index contributed by atoms with van der Waals surface area (Å²) in [6.07, 6.45) is 0. The lowest BCUT2D eigenvalue weighted by molar-refractivity contribution is -0.136. The smallest absolute Gasteiger partial charge is 0.247 e. The molecule has 0 spiro atoms. The van der Waals surface area contributed by atoms with Crippen molar-refractivity contribution in [3.05, 3.63) is 11.6 Å². The maximum atomic E-state index is 12.3. The Labute approximate surface area is 127 Å². The highest BCUT2D eigenvalue weighted by molar-refractivity contribution is 8.01. The second kappa shape index (κ2) is 5.67. The second-order valence-electron chi connectivity index (χ2n) is 5.06. The van der Waals surface area contributed by atoms with Gasteiger partial charge >= 0.3 is 0 Å². The predicted octanol–water partition coefficient (Wildman–Crippen LogP) is 2.05. The molecule has 2 heterocycles. The molecule has 1 aromatic rings. The molecule has 2 N–H and O–H groups in total. The van der Waals surface area contributed by atoms with Crippen molar-refractivity contribution in [2.24, 2.45) is 11.1 Å². The van der Waals surface area contributed by atoms with E-state index in [1.807, 2.05) is 25.7 Å². The van der Waals surface area contributed by atoms with Gasteiger partial charge in [0, 0.05) is 23.8 Å². The Morgan fingerprint density at radius 2 is 2.15 bits per heavy atom. The number of primary sulfonamides is 1. The minimum atomic E-state index is -3.68. The number of amides is 1. The summed E-state index contributed by atoms with van der Waals surface area (Å²) in [5.41, 5.74) is 0.885. The molecule has 5 nitrogen and oxygen atoms in total. The molecule has 20 heavy (non-hydrogen) atoms. The van der Waals surface area contributed by atoms with E-state index < -0.39 is 10.0 Å². The quantitative estimate of drug-likeness (QED) is 0.897. The van der Waals surface area contributed by atoms with E-state index in [1.54, 1.807) is 17.8 Å². The number of rotatable bonds is 2. The first-order valence-electron chi connectivity index (χ1n) is 6.31. The monoisotopic (exact) mass is 334 g/mol. The summed E-state index contributed by atoms with van der Waals surface area (Å²) in [4.78, 5) is 14.1. The average Bonchev–Trinajstić information content (AvgIpc) is 2.71. The van der Waals surface area contributed by atoms with Crippen LogP contribution in [0.2, 0.25) is 0 Å². The molecule has 8 heteroatoms. The minimum absolute atomic E-state index is 0.0691. The van der Waals surface area contributed by atoms with E-state index in [0.29, 0.717) is 6.54 Å². The number of carbonyl (C=O) groups excluding carboxylic acids is 1. The SMILES string of the molecule is CC(C)C(=O)N1CCSc2sc(S(N)(=O)=O)cc2[C@H]1C. The van der Waals surface area contributed by atoms with E-state index in [0.717, 1.165) is 15.5 Å². The topological polar surface area (TPSA) is 80.5 Å². The van der Waals surface area contributed by atoms with Crippen molar-refractivity contribution >= 4 is 39.0 Å². The van der Waals surface area contributed by atoms with Crippen LogP contribution in [0.5, 0.6) is 0 Å². The summed E-state index contributed by atoms with van der Waals surface area (Å²) < 4.78 is 24.0. The number of hydrogen-bond donors (Lipinski definition) is 1. The van der Waals surface area contributed by atoms with Crippen LogP contribution in [0.3, 0.4) is 0 Å². The second-order valence-corrected chi connectivity index (χ2v) is 9.27. The van der Waals surface area contributed by atoms with Crippen LogP contribution in [0.15, 0.2) is 14.5 Å². The molecule has 0 fully saturated rings. The van der Waals surface area contributed by atoms with Gasteiger partial charge in [-0.1, -0.05) is 13.8 Å². The lowest BCUT2D eigenvalue weighted by Crippen LogP contribution is -2.37. The Balaban J connectivity index is 2.41. The van der Waals surface area contributed by atoms with Crippen LogP contribution in [0, 0.1) is 5.92 Å². The summed E-state index contributed by atoms with van der Waals surface area (Å²) >= 11 is 2.78. The molecule has 1 aliphatic rings. The number of nitrogens with zero attached hydrogens (tertiary/aromatic N) is 1. The highest BCUT2D eigenvalue weighted by Crippen LogP contribution is 2.41. The number of fused-ring (bicyclic) bond motifs is 1. The molecule has 0 saturated heterocycles. The van der Waals surface area contributed by atoms with Gasteiger partial charge in [-0.05, 0) is 13.0 Å². The number of thioether (sulfide) groups is 1. The Hall–Kier alpha value is -0.570. The molecule has 0 bridgehead atoms. The van der Waals surface area contributed by atoms with E-state index in [4.69, 9.17) is 5.14 Å². The van der Waals surface area contributed by atoms with Crippen LogP contribution in [0.4, 0.5) is 0 Å². The zero-order valence-corrected chi connectivity index (χ0v) is 14.1. The van der Waals surface area contributed by atoms with Crippen LogP contribution in [-0.2, 0) is 14.8 Å². The molecule has 2 rings (SSSR count). The molecule has 112 valence electrons. The number of hydrogen-bond acceptors (Lipinski definition) is 5. The van der Waals surface area contributed by atoms with Gasteiger partial charge in [-0.15, -0.1) is 23.1 Å². The lowest BCUT2D eigenvalue weighted by Gasteiger charge is -2.29. The summed E-state index contributed by atoms with van der Waals surface area (Å²) in [5.74, 6) is 0.787. The predicted molar refractivity (Wildman–Crippen MR) is 81.4 cm³/mol. The molecular formula is C12H18N2O3S3. The van der Waals surface area contributed by atoms with Crippen LogP contribution < -0.4 is 5.14 Å². The molecule has 1 aliphatic heterocycles. The van der Waals surface area contributed by atoms with Gasteiger partial charge in [-0.3, -0.25) is 4.79 Å². The van der Waals surface area contributed by atoms with Crippen molar-refractivity contribution in [3.8, 4) is 0 Å². The van der Waals surface area contributed by atoms with Gasteiger partial charge in [-0.2, -0.15) is 0 Å². The van der Waals surface area contributed by atoms with Gasteiger partial charge in [-0.25, -0.2) is 13.6 Å². The van der Waals surface area contributed by atoms with Crippen LogP contribution in [-0.4, -0.2) is 31.5 Å². The van der Waals surface area contributed by atoms with E-state index in [9.17, 15) is 13.2 Å². The fourth-order valence-electron chi connectivity index (χ4n) is 2.14. The summed E-state index contributed by atoms with van der Waals surface area (Å²) in [5, 5.41) is 5.19. The molecular weight excluding hydrogens is 316 g/mol. The minimum Gasteiger partial charge on any atom is -0.335 e. The summed E-state index contributed by atoms with van der Waals surface area (Å²) in [6, 6.07) is 1.49. The van der Waals surface area contributed by atoms with E-state index in [-0.39, 0.29) is 22.1 Å². The van der Waals surface area contributed by atoms with Crippen molar-refractivity contribution in [2.75, 3.05) is 12.3 Å². The van der Waals surface area contributed by atoms with Crippen LogP contribution >= 0.6 is 23.1 Å². The van der Waals surface area contributed by atoms with Gasteiger partial charge in [0.2, 0.25) is 15.9 Å². The maximum Gasteiger partial charge on any atom is 0.247 e. The molecule has 0 radical (unpaired) electrons. The van der Waals surface area contributed by atoms with Gasteiger partial charge in [0.1, 0.15) is 4.21 Å². The number of sulfonamides is 1. The highest BCUT2D eigenvalue weighted by Gasteiger charge is 2.30. The zero-order valence-electron chi connectivity index (χ0n) is 11.6.